The number of amides is 1. The normalized spacial score (nSPS) is 20.0. The third kappa shape index (κ3) is 4.16. The Labute approximate surface area is 158 Å². The lowest BCUT2D eigenvalue weighted by Crippen LogP contribution is -2.50. The highest BCUT2D eigenvalue weighted by atomic mass is 19.1. The molecule has 0 N–H and O–H groups in total. The van der Waals surface area contributed by atoms with Gasteiger partial charge in [0.1, 0.15) is 12.4 Å². The molecule has 2 saturated heterocycles. The molecular weight excluding hydrogens is 347 g/mol. The van der Waals surface area contributed by atoms with Crippen LogP contribution in [0.5, 0.6) is 5.75 Å². The summed E-state index contributed by atoms with van der Waals surface area (Å²) < 4.78 is 24.6. The smallest absolute Gasteiger partial charge is 0.257 e. The van der Waals surface area contributed by atoms with E-state index in [-0.39, 0.29) is 17.8 Å². The molecule has 2 aliphatic rings. The van der Waals surface area contributed by atoms with E-state index >= 15 is 0 Å². The van der Waals surface area contributed by atoms with E-state index in [2.05, 4.69) is 4.90 Å². The Bertz CT molecular complexity index is 749. The summed E-state index contributed by atoms with van der Waals surface area (Å²) in [5.74, 6) is 0.107. The van der Waals surface area contributed by atoms with Gasteiger partial charge in [0, 0.05) is 32.2 Å². The van der Waals surface area contributed by atoms with E-state index in [1.165, 1.54) is 18.6 Å². The number of piperidine rings is 2. The van der Waals surface area contributed by atoms with Crippen LogP contribution in [0.1, 0.15) is 36.0 Å². The summed E-state index contributed by atoms with van der Waals surface area (Å²) in [5, 5.41) is 0. The molecule has 27 heavy (non-hydrogen) atoms. The lowest BCUT2D eigenvalue weighted by atomic mass is 9.98. The summed E-state index contributed by atoms with van der Waals surface area (Å²) >= 11 is 0. The molecular formula is C21H25FN2O3. The first-order valence-corrected chi connectivity index (χ1v) is 9.67. The SMILES string of the molecule is O=C(c1ccoc1)N1CCC(N2CCC(Oc3ccccc3F)CC2)CC1. The highest BCUT2D eigenvalue weighted by molar-refractivity contribution is 5.93. The van der Waals surface area contributed by atoms with Gasteiger partial charge in [0.15, 0.2) is 11.6 Å². The summed E-state index contributed by atoms with van der Waals surface area (Å²) in [4.78, 5) is 16.8. The van der Waals surface area contributed by atoms with Gasteiger partial charge in [-0.15, -0.1) is 0 Å². The predicted octanol–water partition coefficient (Wildman–Crippen LogP) is 3.57. The van der Waals surface area contributed by atoms with Crippen LogP contribution in [-0.2, 0) is 0 Å². The van der Waals surface area contributed by atoms with Gasteiger partial charge in [-0.05, 0) is 43.9 Å². The summed E-state index contributed by atoms with van der Waals surface area (Å²) in [6, 6.07) is 8.82. The van der Waals surface area contributed by atoms with Crippen molar-refractivity contribution in [2.45, 2.75) is 37.8 Å². The van der Waals surface area contributed by atoms with Crippen LogP contribution in [-0.4, -0.2) is 54.0 Å². The fraction of sp³-hybridized carbons (Fsp3) is 0.476. The molecule has 2 aliphatic heterocycles. The van der Waals surface area contributed by atoms with Gasteiger partial charge < -0.3 is 14.1 Å². The number of ether oxygens (including phenoxy) is 1. The van der Waals surface area contributed by atoms with Crippen molar-refractivity contribution >= 4 is 5.91 Å². The van der Waals surface area contributed by atoms with Crippen LogP contribution in [0.4, 0.5) is 4.39 Å². The highest BCUT2D eigenvalue weighted by Crippen LogP contribution is 2.25. The number of nitrogens with zero attached hydrogens (tertiary/aromatic N) is 2. The molecule has 2 aromatic rings. The molecule has 0 bridgehead atoms. The van der Waals surface area contributed by atoms with Gasteiger partial charge in [0.2, 0.25) is 0 Å². The molecule has 0 radical (unpaired) electrons. The maximum Gasteiger partial charge on any atom is 0.257 e. The summed E-state index contributed by atoms with van der Waals surface area (Å²) in [6.07, 6.45) is 6.90. The minimum absolute atomic E-state index is 0.0548. The third-order valence-electron chi connectivity index (χ3n) is 5.64. The van der Waals surface area contributed by atoms with Gasteiger partial charge in [-0.25, -0.2) is 4.39 Å². The van der Waals surface area contributed by atoms with Gasteiger partial charge in [-0.2, -0.15) is 0 Å². The molecule has 0 saturated carbocycles. The van der Waals surface area contributed by atoms with E-state index in [1.54, 1.807) is 24.3 Å². The quantitative estimate of drug-likeness (QED) is 0.823. The summed E-state index contributed by atoms with van der Waals surface area (Å²) in [7, 11) is 0. The summed E-state index contributed by atoms with van der Waals surface area (Å²) in [6.45, 7) is 3.47. The molecule has 144 valence electrons. The van der Waals surface area contributed by atoms with Crippen LogP contribution in [0.25, 0.3) is 0 Å². The zero-order chi connectivity index (χ0) is 18.6. The molecule has 2 fully saturated rings. The zero-order valence-electron chi connectivity index (χ0n) is 15.4. The zero-order valence-corrected chi connectivity index (χ0v) is 15.4. The van der Waals surface area contributed by atoms with E-state index in [4.69, 9.17) is 9.15 Å². The second kappa shape index (κ2) is 8.13. The number of carbonyl (C=O) groups excluding carboxylic acids is 1. The number of hydrogen-bond acceptors (Lipinski definition) is 4. The monoisotopic (exact) mass is 372 g/mol. The molecule has 0 spiro atoms. The number of hydrogen-bond donors (Lipinski definition) is 0. The molecule has 0 unspecified atom stereocenters. The standard InChI is InChI=1S/C21H25FN2O3/c22-19-3-1-2-4-20(19)27-18-7-12-23(13-8-18)17-5-10-24(11-6-17)21(25)16-9-14-26-15-16/h1-4,9,14-15,17-18H,5-8,10-13H2. The van der Waals surface area contributed by atoms with Crippen molar-refractivity contribution in [1.82, 2.24) is 9.80 Å². The topological polar surface area (TPSA) is 45.9 Å². The van der Waals surface area contributed by atoms with E-state index in [9.17, 15) is 9.18 Å². The maximum atomic E-state index is 13.7. The molecule has 0 aliphatic carbocycles. The van der Waals surface area contributed by atoms with Crippen LogP contribution in [0.15, 0.2) is 47.3 Å². The number of para-hydroxylation sites is 1. The number of halogens is 1. The first-order valence-electron chi connectivity index (χ1n) is 9.67. The number of likely N-dealkylation sites (tertiary alicyclic amines) is 2. The Morgan fingerprint density at radius 1 is 1.04 bits per heavy atom. The van der Waals surface area contributed by atoms with Crippen molar-refractivity contribution in [2.75, 3.05) is 26.2 Å². The van der Waals surface area contributed by atoms with Crippen LogP contribution >= 0.6 is 0 Å². The van der Waals surface area contributed by atoms with Crippen molar-refractivity contribution in [1.29, 1.82) is 0 Å². The molecule has 3 heterocycles. The van der Waals surface area contributed by atoms with E-state index < -0.39 is 0 Å². The Balaban J connectivity index is 1.24. The second-order valence-electron chi connectivity index (χ2n) is 7.32. The number of carbonyl (C=O) groups is 1. The Morgan fingerprint density at radius 3 is 2.44 bits per heavy atom. The Morgan fingerprint density at radius 2 is 1.78 bits per heavy atom. The van der Waals surface area contributed by atoms with Gasteiger partial charge in [-0.1, -0.05) is 12.1 Å². The van der Waals surface area contributed by atoms with Gasteiger partial charge in [0.05, 0.1) is 11.8 Å². The average molecular weight is 372 g/mol. The fourth-order valence-corrected chi connectivity index (χ4v) is 4.08. The molecule has 0 atom stereocenters. The van der Waals surface area contributed by atoms with Crippen molar-refractivity contribution in [3.63, 3.8) is 0 Å². The fourth-order valence-electron chi connectivity index (χ4n) is 4.08. The lowest BCUT2D eigenvalue weighted by Gasteiger charge is -2.41. The third-order valence-corrected chi connectivity index (χ3v) is 5.64. The number of benzene rings is 1. The van der Waals surface area contributed by atoms with Crippen LogP contribution in [0.2, 0.25) is 0 Å². The Kier molecular flexibility index (Phi) is 5.43. The van der Waals surface area contributed by atoms with Crippen molar-refractivity contribution < 1.29 is 18.3 Å². The number of rotatable bonds is 4. The van der Waals surface area contributed by atoms with Crippen LogP contribution in [0, 0.1) is 5.82 Å². The highest BCUT2D eigenvalue weighted by Gasteiger charge is 2.30. The van der Waals surface area contributed by atoms with Crippen molar-refractivity contribution in [3.8, 4) is 5.75 Å². The second-order valence-corrected chi connectivity index (χ2v) is 7.32. The average Bonchev–Trinajstić information content (AvgIpc) is 3.25. The summed E-state index contributed by atoms with van der Waals surface area (Å²) in [5.41, 5.74) is 0.625. The van der Waals surface area contributed by atoms with Gasteiger partial charge >= 0.3 is 0 Å². The maximum absolute atomic E-state index is 13.7. The molecule has 5 nitrogen and oxygen atoms in total. The molecule has 4 rings (SSSR count). The first kappa shape index (κ1) is 18.0. The van der Waals surface area contributed by atoms with Crippen LogP contribution in [0.3, 0.4) is 0 Å². The van der Waals surface area contributed by atoms with E-state index in [0.29, 0.717) is 17.4 Å². The van der Waals surface area contributed by atoms with E-state index in [0.717, 1.165) is 51.9 Å². The minimum Gasteiger partial charge on any atom is -0.487 e. The molecule has 1 amide bonds. The minimum atomic E-state index is -0.297. The first-order chi connectivity index (χ1) is 13.2. The molecule has 1 aromatic carbocycles. The predicted molar refractivity (Wildman–Crippen MR) is 99.3 cm³/mol. The largest absolute Gasteiger partial charge is 0.487 e. The van der Waals surface area contributed by atoms with E-state index in [1.807, 2.05) is 4.90 Å². The Hall–Kier alpha value is -2.34. The molecule has 6 heteroatoms. The van der Waals surface area contributed by atoms with Gasteiger partial charge in [0.25, 0.3) is 5.91 Å². The lowest BCUT2D eigenvalue weighted by molar-refractivity contribution is 0.0416. The van der Waals surface area contributed by atoms with Crippen molar-refractivity contribution in [3.05, 3.63) is 54.2 Å². The number of furan rings is 1. The van der Waals surface area contributed by atoms with Crippen molar-refractivity contribution in [2.24, 2.45) is 0 Å². The van der Waals surface area contributed by atoms with Crippen LogP contribution < -0.4 is 4.74 Å². The molecule has 1 aromatic heterocycles. The van der Waals surface area contributed by atoms with Gasteiger partial charge in [-0.3, -0.25) is 9.69 Å².